The number of nitrogens with one attached hydrogen (secondary N) is 1. The summed E-state index contributed by atoms with van der Waals surface area (Å²) in [6, 6.07) is 13.6. The molecule has 5 rings (SSSR count). The molecule has 0 radical (unpaired) electrons. The lowest BCUT2D eigenvalue weighted by atomic mass is 9.87. The fourth-order valence-corrected chi connectivity index (χ4v) is 3.88. The van der Waals surface area contributed by atoms with Crippen LogP contribution < -0.4 is 5.32 Å². The number of amides is 1. The highest BCUT2D eigenvalue weighted by Gasteiger charge is 2.43. The minimum atomic E-state index is -0.157. The second kappa shape index (κ2) is 6.98. The molecule has 2 aliphatic heterocycles. The van der Waals surface area contributed by atoms with Crippen molar-refractivity contribution in [2.24, 2.45) is 0 Å². The third-order valence-electron chi connectivity index (χ3n) is 5.13. The van der Waals surface area contributed by atoms with Crippen molar-refractivity contribution in [3.05, 3.63) is 78.4 Å². The molecule has 6 nitrogen and oxygen atoms in total. The minimum absolute atomic E-state index is 0.0233. The predicted molar refractivity (Wildman–Crippen MR) is 105 cm³/mol. The number of hydrogen-bond acceptors (Lipinski definition) is 5. The lowest BCUT2D eigenvalue weighted by molar-refractivity contribution is -0.113. The number of fused-ring (bicyclic) bond motifs is 2. The molecular weight excluding hydrogens is 352 g/mol. The Balaban J connectivity index is 1.41. The van der Waals surface area contributed by atoms with Gasteiger partial charge in [-0.2, -0.15) is 0 Å². The number of carbonyl (C=O) groups is 1. The van der Waals surface area contributed by atoms with Gasteiger partial charge in [-0.05, 0) is 36.1 Å². The Hall–Kier alpha value is -3.38. The van der Waals surface area contributed by atoms with Crippen molar-refractivity contribution in [2.75, 3.05) is 5.32 Å². The molecule has 1 N–H and O–H groups in total. The van der Waals surface area contributed by atoms with Gasteiger partial charge in [0.05, 0.1) is 35.9 Å². The average Bonchev–Trinajstić information content (AvgIpc) is 3.37. The number of benzene rings is 1. The third-order valence-corrected chi connectivity index (χ3v) is 5.13. The van der Waals surface area contributed by atoms with E-state index in [0.717, 1.165) is 29.5 Å². The third kappa shape index (κ3) is 2.97. The van der Waals surface area contributed by atoms with Gasteiger partial charge < -0.3 is 10.1 Å². The number of ether oxygens (including phenoxy) is 1. The molecule has 1 saturated heterocycles. The number of hydrogen-bond donors (Lipinski definition) is 1. The van der Waals surface area contributed by atoms with Crippen molar-refractivity contribution in [3.8, 4) is 11.4 Å². The normalized spacial score (nSPS) is 20.4. The topological polar surface area (TPSA) is 77.0 Å². The van der Waals surface area contributed by atoms with Crippen LogP contribution in [-0.2, 0) is 9.53 Å². The van der Waals surface area contributed by atoms with Gasteiger partial charge in [-0.25, -0.2) is 9.97 Å². The van der Waals surface area contributed by atoms with Gasteiger partial charge in [0, 0.05) is 18.0 Å². The highest BCUT2D eigenvalue weighted by atomic mass is 16.5. The first-order valence-corrected chi connectivity index (χ1v) is 9.28. The van der Waals surface area contributed by atoms with Gasteiger partial charge in [-0.1, -0.05) is 30.3 Å². The van der Waals surface area contributed by atoms with Crippen molar-refractivity contribution in [3.63, 3.8) is 0 Å². The van der Waals surface area contributed by atoms with Crippen molar-refractivity contribution < 1.29 is 9.53 Å². The summed E-state index contributed by atoms with van der Waals surface area (Å²) in [5.74, 6) is 0.466. The second-order valence-corrected chi connectivity index (χ2v) is 6.87. The average molecular weight is 370 g/mol. The summed E-state index contributed by atoms with van der Waals surface area (Å²) in [7, 11) is 0. The molecule has 6 heteroatoms. The van der Waals surface area contributed by atoms with Crippen molar-refractivity contribution in [1.29, 1.82) is 0 Å². The first-order valence-electron chi connectivity index (χ1n) is 9.28. The fourth-order valence-electron chi connectivity index (χ4n) is 3.88. The van der Waals surface area contributed by atoms with Crippen LogP contribution in [0.2, 0.25) is 0 Å². The van der Waals surface area contributed by atoms with Crippen LogP contribution in [0.25, 0.3) is 17.0 Å². The van der Waals surface area contributed by atoms with Crippen LogP contribution >= 0.6 is 0 Å². The molecule has 2 aliphatic rings. The maximum absolute atomic E-state index is 13.0. The molecule has 1 amide bonds. The predicted octanol–water partition coefficient (Wildman–Crippen LogP) is 3.49. The monoisotopic (exact) mass is 370 g/mol. The number of nitrogens with zero attached hydrogens (tertiary/aromatic N) is 3. The van der Waals surface area contributed by atoms with E-state index < -0.39 is 0 Å². The maximum Gasteiger partial charge on any atom is 0.254 e. The molecule has 0 aliphatic carbocycles. The highest BCUT2D eigenvalue weighted by Crippen LogP contribution is 2.44. The van der Waals surface area contributed by atoms with Gasteiger partial charge >= 0.3 is 0 Å². The molecule has 3 aromatic rings. The van der Waals surface area contributed by atoms with Crippen LogP contribution in [0.4, 0.5) is 5.69 Å². The standard InChI is InChI=1S/C22H18N4O2/c27-22(26-16-12-24-21(25-13-16)15-4-2-1-3-5-15)20-18-7-6-17(28-18)19(20)14-8-10-23-11-9-14/h1-5,8-13,17-18H,6-7H2,(H,26,27)/t17-,18+/m1/s1. The molecule has 0 saturated carbocycles. The molecule has 0 unspecified atom stereocenters. The Morgan fingerprint density at radius 1 is 0.929 bits per heavy atom. The Kier molecular flexibility index (Phi) is 4.18. The summed E-state index contributed by atoms with van der Waals surface area (Å²) in [5.41, 5.74) is 4.16. The van der Waals surface area contributed by atoms with Gasteiger partial charge in [-0.3, -0.25) is 9.78 Å². The fraction of sp³-hybridized carbons (Fsp3) is 0.182. The van der Waals surface area contributed by atoms with E-state index in [9.17, 15) is 4.79 Å². The van der Waals surface area contributed by atoms with Gasteiger partial charge in [-0.15, -0.1) is 0 Å². The molecule has 4 heterocycles. The zero-order valence-electron chi connectivity index (χ0n) is 15.1. The zero-order valence-corrected chi connectivity index (χ0v) is 15.1. The van der Waals surface area contributed by atoms with E-state index in [2.05, 4.69) is 20.3 Å². The Bertz CT molecular complexity index is 1030. The number of rotatable bonds is 4. The highest BCUT2D eigenvalue weighted by molar-refractivity contribution is 6.11. The van der Waals surface area contributed by atoms with Gasteiger partial charge in [0.1, 0.15) is 0 Å². The van der Waals surface area contributed by atoms with E-state index in [1.54, 1.807) is 24.8 Å². The van der Waals surface area contributed by atoms with Crippen LogP contribution in [0, 0.1) is 0 Å². The maximum atomic E-state index is 13.0. The van der Waals surface area contributed by atoms with Crippen LogP contribution in [0.15, 0.2) is 72.8 Å². The molecule has 1 aromatic carbocycles. The van der Waals surface area contributed by atoms with Gasteiger partial charge in [0.25, 0.3) is 5.91 Å². The quantitative estimate of drug-likeness (QED) is 0.761. The van der Waals surface area contributed by atoms with Crippen molar-refractivity contribution in [2.45, 2.75) is 25.0 Å². The number of aromatic nitrogens is 3. The molecule has 2 bridgehead atoms. The smallest absolute Gasteiger partial charge is 0.254 e. The molecule has 1 fully saturated rings. The van der Waals surface area contributed by atoms with Crippen LogP contribution in [0.3, 0.4) is 0 Å². The first-order chi connectivity index (χ1) is 13.8. The Morgan fingerprint density at radius 2 is 1.64 bits per heavy atom. The van der Waals surface area contributed by atoms with Gasteiger partial charge in [0.2, 0.25) is 0 Å². The van der Waals surface area contributed by atoms with E-state index in [1.165, 1.54) is 0 Å². The van der Waals surface area contributed by atoms with E-state index in [-0.39, 0.29) is 18.1 Å². The first kappa shape index (κ1) is 16.8. The lowest BCUT2D eigenvalue weighted by Gasteiger charge is -2.16. The van der Waals surface area contributed by atoms with E-state index in [1.807, 2.05) is 42.5 Å². The number of pyridine rings is 1. The minimum Gasteiger partial charge on any atom is -0.365 e. The van der Waals surface area contributed by atoms with Crippen LogP contribution in [-0.4, -0.2) is 33.1 Å². The molecule has 0 spiro atoms. The summed E-state index contributed by atoms with van der Waals surface area (Å²) < 4.78 is 6.00. The number of carbonyl (C=O) groups excluding carboxylic acids is 1. The summed E-state index contributed by atoms with van der Waals surface area (Å²) in [4.78, 5) is 25.8. The zero-order chi connectivity index (χ0) is 18.9. The second-order valence-electron chi connectivity index (χ2n) is 6.87. The van der Waals surface area contributed by atoms with E-state index in [0.29, 0.717) is 17.1 Å². The lowest BCUT2D eigenvalue weighted by Crippen LogP contribution is -2.23. The van der Waals surface area contributed by atoms with E-state index >= 15 is 0 Å². The Labute approximate surface area is 162 Å². The van der Waals surface area contributed by atoms with Crippen molar-refractivity contribution in [1.82, 2.24) is 15.0 Å². The Morgan fingerprint density at radius 3 is 2.39 bits per heavy atom. The molecule has 138 valence electrons. The molecule has 2 atom stereocenters. The summed E-state index contributed by atoms with van der Waals surface area (Å²) in [6.07, 6.45) is 8.36. The largest absolute Gasteiger partial charge is 0.365 e. The van der Waals surface area contributed by atoms with Crippen LogP contribution in [0.5, 0.6) is 0 Å². The summed E-state index contributed by atoms with van der Waals surface area (Å²) in [5, 5.41) is 2.93. The molecule has 28 heavy (non-hydrogen) atoms. The molecular formula is C22H18N4O2. The van der Waals surface area contributed by atoms with Crippen LogP contribution in [0.1, 0.15) is 18.4 Å². The van der Waals surface area contributed by atoms with Crippen molar-refractivity contribution >= 4 is 17.2 Å². The van der Waals surface area contributed by atoms with E-state index in [4.69, 9.17) is 4.74 Å². The van der Waals surface area contributed by atoms with Gasteiger partial charge in [0.15, 0.2) is 5.82 Å². The SMILES string of the molecule is O=C(Nc1cnc(-c2ccccc2)nc1)C1=C(c2ccncc2)[C@H]2CC[C@@H]1O2. The summed E-state index contributed by atoms with van der Waals surface area (Å²) >= 11 is 0. The number of anilines is 1. The summed E-state index contributed by atoms with van der Waals surface area (Å²) in [6.45, 7) is 0. The molecule has 2 aromatic heterocycles.